The SMILES string of the molecule is CC1CC1c1ccc(CCC(=O)NCC(O)CO)o1. The molecule has 1 aromatic rings. The van der Waals surface area contributed by atoms with E-state index in [2.05, 4.69) is 12.2 Å². The van der Waals surface area contributed by atoms with Crippen LogP contribution in [0.15, 0.2) is 16.5 Å². The minimum absolute atomic E-state index is 0.0817. The van der Waals surface area contributed by atoms with Gasteiger partial charge < -0.3 is 19.9 Å². The molecule has 3 atom stereocenters. The molecule has 0 aliphatic heterocycles. The van der Waals surface area contributed by atoms with Crippen LogP contribution < -0.4 is 5.32 Å². The van der Waals surface area contributed by atoms with E-state index in [1.807, 2.05) is 12.1 Å². The number of hydrogen-bond donors (Lipinski definition) is 3. The van der Waals surface area contributed by atoms with Crippen molar-refractivity contribution in [3.05, 3.63) is 23.7 Å². The number of hydrogen-bond acceptors (Lipinski definition) is 4. The first-order valence-corrected chi connectivity index (χ1v) is 6.74. The molecule has 106 valence electrons. The number of aryl methyl sites for hydroxylation is 1. The van der Waals surface area contributed by atoms with Gasteiger partial charge >= 0.3 is 0 Å². The molecule has 1 amide bonds. The third kappa shape index (κ3) is 4.08. The fourth-order valence-electron chi connectivity index (χ4n) is 2.07. The first-order valence-electron chi connectivity index (χ1n) is 6.74. The Morgan fingerprint density at radius 2 is 2.32 bits per heavy atom. The highest BCUT2D eigenvalue weighted by molar-refractivity contribution is 5.76. The summed E-state index contributed by atoms with van der Waals surface area (Å²) in [4.78, 5) is 11.5. The highest BCUT2D eigenvalue weighted by atomic mass is 16.3. The topological polar surface area (TPSA) is 82.7 Å². The predicted molar refractivity (Wildman–Crippen MR) is 69.7 cm³/mol. The van der Waals surface area contributed by atoms with Crippen molar-refractivity contribution in [2.24, 2.45) is 5.92 Å². The van der Waals surface area contributed by atoms with Gasteiger partial charge in [0.2, 0.25) is 5.91 Å². The van der Waals surface area contributed by atoms with Gasteiger partial charge in [-0.1, -0.05) is 6.92 Å². The van der Waals surface area contributed by atoms with E-state index in [0.717, 1.165) is 11.5 Å². The molecular weight excluding hydrogens is 246 g/mol. The van der Waals surface area contributed by atoms with Gasteiger partial charge in [-0.05, 0) is 24.5 Å². The zero-order valence-electron chi connectivity index (χ0n) is 11.1. The Morgan fingerprint density at radius 3 is 2.95 bits per heavy atom. The van der Waals surface area contributed by atoms with Crippen LogP contribution in [-0.4, -0.2) is 35.4 Å². The summed E-state index contributed by atoms with van der Waals surface area (Å²) in [5.74, 6) is 2.97. The molecule has 1 fully saturated rings. The number of carbonyl (C=O) groups excluding carboxylic acids is 1. The summed E-state index contributed by atoms with van der Waals surface area (Å²) >= 11 is 0. The first-order chi connectivity index (χ1) is 9.10. The molecule has 1 saturated carbocycles. The van der Waals surface area contributed by atoms with Crippen molar-refractivity contribution in [1.29, 1.82) is 0 Å². The molecule has 0 spiro atoms. The van der Waals surface area contributed by atoms with Gasteiger partial charge in [0.15, 0.2) is 0 Å². The second-order valence-corrected chi connectivity index (χ2v) is 5.26. The second kappa shape index (κ2) is 6.21. The average molecular weight is 267 g/mol. The molecule has 0 aromatic carbocycles. The van der Waals surface area contributed by atoms with Crippen molar-refractivity contribution in [1.82, 2.24) is 5.32 Å². The number of aliphatic hydroxyl groups excluding tert-OH is 2. The standard InChI is InChI=1S/C14H21NO4/c1-9-6-12(9)13-4-2-11(19-13)3-5-14(18)15-7-10(17)8-16/h2,4,9-10,12,16-17H,3,5-8H2,1H3,(H,15,18). The minimum atomic E-state index is -0.893. The van der Waals surface area contributed by atoms with Crippen LogP contribution in [0.1, 0.15) is 37.2 Å². The van der Waals surface area contributed by atoms with Crippen LogP contribution in [-0.2, 0) is 11.2 Å². The lowest BCUT2D eigenvalue weighted by Crippen LogP contribution is -2.33. The van der Waals surface area contributed by atoms with E-state index in [9.17, 15) is 4.79 Å². The molecule has 0 bridgehead atoms. The Labute approximate surface area is 112 Å². The fraction of sp³-hybridized carbons (Fsp3) is 0.643. The Morgan fingerprint density at radius 1 is 1.58 bits per heavy atom. The Balaban J connectivity index is 1.70. The monoisotopic (exact) mass is 267 g/mol. The molecule has 2 rings (SSSR count). The summed E-state index contributed by atoms with van der Waals surface area (Å²) < 4.78 is 5.71. The van der Waals surface area contributed by atoms with Gasteiger partial charge in [-0.25, -0.2) is 0 Å². The van der Waals surface area contributed by atoms with E-state index in [4.69, 9.17) is 14.6 Å². The van der Waals surface area contributed by atoms with E-state index in [-0.39, 0.29) is 19.1 Å². The summed E-state index contributed by atoms with van der Waals surface area (Å²) in [5, 5.41) is 20.3. The van der Waals surface area contributed by atoms with E-state index >= 15 is 0 Å². The normalized spacial score (nSPS) is 23.1. The fourth-order valence-corrected chi connectivity index (χ4v) is 2.07. The molecular formula is C14H21NO4. The minimum Gasteiger partial charge on any atom is -0.466 e. The van der Waals surface area contributed by atoms with E-state index in [0.29, 0.717) is 24.7 Å². The van der Waals surface area contributed by atoms with Gasteiger partial charge in [0.05, 0.1) is 12.7 Å². The second-order valence-electron chi connectivity index (χ2n) is 5.26. The molecule has 1 heterocycles. The highest BCUT2D eigenvalue weighted by Crippen LogP contribution is 2.47. The van der Waals surface area contributed by atoms with Crippen LogP contribution in [0.5, 0.6) is 0 Å². The summed E-state index contributed by atoms with van der Waals surface area (Å²) in [6.07, 6.45) is 1.18. The van der Waals surface area contributed by atoms with Crippen molar-refractivity contribution >= 4 is 5.91 Å². The van der Waals surface area contributed by atoms with Crippen molar-refractivity contribution < 1.29 is 19.4 Å². The maximum atomic E-state index is 11.5. The van der Waals surface area contributed by atoms with Crippen LogP contribution in [0.4, 0.5) is 0 Å². The van der Waals surface area contributed by atoms with E-state index < -0.39 is 6.10 Å². The molecule has 5 nitrogen and oxygen atoms in total. The number of amides is 1. The Hall–Kier alpha value is -1.33. The lowest BCUT2D eigenvalue weighted by molar-refractivity contribution is -0.121. The lowest BCUT2D eigenvalue weighted by Gasteiger charge is -2.08. The molecule has 1 aromatic heterocycles. The van der Waals surface area contributed by atoms with Crippen LogP contribution in [0, 0.1) is 5.92 Å². The number of aliphatic hydroxyl groups is 2. The number of nitrogens with one attached hydrogen (secondary N) is 1. The largest absolute Gasteiger partial charge is 0.466 e. The third-order valence-electron chi connectivity index (χ3n) is 3.50. The average Bonchev–Trinajstić information content (AvgIpc) is 2.95. The zero-order valence-corrected chi connectivity index (χ0v) is 11.1. The predicted octanol–water partition coefficient (Wildman–Crippen LogP) is 0.805. The van der Waals surface area contributed by atoms with Crippen molar-refractivity contribution in [2.45, 2.75) is 38.2 Å². The first kappa shape index (κ1) is 14.1. The maximum Gasteiger partial charge on any atom is 0.220 e. The van der Waals surface area contributed by atoms with Gasteiger partial charge in [0.1, 0.15) is 11.5 Å². The van der Waals surface area contributed by atoms with E-state index in [1.54, 1.807) is 0 Å². The maximum absolute atomic E-state index is 11.5. The molecule has 3 N–H and O–H groups in total. The molecule has 5 heteroatoms. The van der Waals surface area contributed by atoms with E-state index in [1.165, 1.54) is 6.42 Å². The van der Waals surface area contributed by atoms with Gasteiger partial charge in [-0.15, -0.1) is 0 Å². The molecule has 0 radical (unpaired) electrons. The van der Waals surface area contributed by atoms with Crippen LogP contribution in [0.3, 0.4) is 0 Å². The van der Waals surface area contributed by atoms with Crippen molar-refractivity contribution in [3.63, 3.8) is 0 Å². The number of carbonyl (C=O) groups is 1. The van der Waals surface area contributed by atoms with Gasteiger partial charge in [-0.3, -0.25) is 4.79 Å². The molecule has 0 saturated heterocycles. The highest BCUT2D eigenvalue weighted by Gasteiger charge is 2.36. The van der Waals surface area contributed by atoms with Crippen LogP contribution in [0.25, 0.3) is 0 Å². The number of furan rings is 1. The van der Waals surface area contributed by atoms with Crippen molar-refractivity contribution in [2.75, 3.05) is 13.2 Å². The molecule has 3 unspecified atom stereocenters. The summed E-state index contributed by atoms with van der Waals surface area (Å²) in [6.45, 7) is 1.94. The van der Waals surface area contributed by atoms with Gasteiger partial charge in [0.25, 0.3) is 0 Å². The van der Waals surface area contributed by atoms with Crippen LogP contribution in [0.2, 0.25) is 0 Å². The summed E-state index contributed by atoms with van der Waals surface area (Å²) in [7, 11) is 0. The quantitative estimate of drug-likeness (QED) is 0.682. The summed E-state index contributed by atoms with van der Waals surface area (Å²) in [6, 6.07) is 3.92. The molecule has 19 heavy (non-hydrogen) atoms. The third-order valence-corrected chi connectivity index (χ3v) is 3.50. The molecule has 1 aliphatic rings. The summed E-state index contributed by atoms with van der Waals surface area (Å²) in [5.41, 5.74) is 0. The Bertz CT molecular complexity index is 429. The van der Waals surface area contributed by atoms with Gasteiger partial charge in [0, 0.05) is 25.3 Å². The van der Waals surface area contributed by atoms with Crippen LogP contribution >= 0.6 is 0 Å². The smallest absolute Gasteiger partial charge is 0.220 e. The number of rotatable bonds is 7. The molecule has 1 aliphatic carbocycles. The van der Waals surface area contributed by atoms with Gasteiger partial charge in [-0.2, -0.15) is 0 Å². The lowest BCUT2D eigenvalue weighted by atomic mass is 10.2. The Kier molecular flexibility index (Phi) is 4.61. The zero-order chi connectivity index (χ0) is 13.8. The van der Waals surface area contributed by atoms with Crippen molar-refractivity contribution in [3.8, 4) is 0 Å².